The van der Waals surface area contributed by atoms with E-state index in [2.05, 4.69) is 11.8 Å². The Labute approximate surface area is 152 Å². The lowest BCUT2D eigenvalue weighted by atomic mass is 10.1. The van der Waals surface area contributed by atoms with E-state index in [1.807, 2.05) is 66.7 Å². The van der Waals surface area contributed by atoms with Gasteiger partial charge in [0, 0.05) is 17.0 Å². The summed E-state index contributed by atoms with van der Waals surface area (Å²) in [4.78, 5) is 26.7. The highest BCUT2D eigenvalue weighted by atomic mass is 16.2. The van der Waals surface area contributed by atoms with Gasteiger partial charge >= 0.3 is 5.91 Å². The summed E-state index contributed by atoms with van der Waals surface area (Å²) in [5.41, 5.74) is 2.05. The van der Waals surface area contributed by atoms with E-state index in [-0.39, 0.29) is 12.5 Å². The van der Waals surface area contributed by atoms with E-state index in [9.17, 15) is 9.59 Å². The van der Waals surface area contributed by atoms with Crippen molar-refractivity contribution in [3.63, 3.8) is 0 Å². The third-order valence-electron chi connectivity index (χ3n) is 3.78. The minimum atomic E-state index is -0.522. The number of amides is 2. The van der Waals surface area contributed by atoms with Gasteiger partial charge in [0.05, 0.1) is 6.54 Å². The van der Waals surface area contributed by atoms with Gasteiger partial charge < -0.3 is 0 Å². The summed E-state index contributed by atoms with van der Waals surface area (Å²) < 4.78 is 0. The first kappa shape index (κ1) is 17.2. The highest BCUT2D eigenvalue weighted by molar-refractivity contribution is 6.10. The fraction of sp³-hybridized carbons (Fsp3) is 0.0435. The molecule has 3 rings (SSSR count). The van der Waals surface area contributed by atoms with E-state index in [1.165, 1.54) is 4.90 Å². The van der Waals surface area contributed by atoms with Crippen LogP contribution in [0.25, 0.3) is 0 Å². The number of hydrogen-bond acceptors (Lipinski definition) is 2. The van der Waals surface area contributed by atoms with Gasteiger partial charge in [-0.2, -0.15) is 0 Å². The van der Waals surface area contributed by atoms with Crippen molar-refractivity contribution in [2.24, 2.45) is 0 Å². The summed E-state index contributed by atoms with van der Waals surface area (Å²) in [5.74, 6) is 4.53. The summed E-state index contributed by atoms with van der Waals surface area (Å²) >= 11 is 0. The monoisotopic (exact) mass is 339 g/mol. The maximum atomic E-state index is 12.8. The van der Waals surface area contributed by atoms with E-state index in [0.29, 0.717) is 5.56 Å². The molecule has 2 amide bonds. The smallest absolute Gasteiger partial charge is 0.269 e. The van der Waals surface area contributed by atoms with Crippen LogP contribution in [0.5, 0.6) is 0 Å². The number of nitrogens with zero attached hydrogens (tertiary/aromatic N) is 1. The van der Waals surface area contributed by atoms with Crippen molar-refractivity contribution < 1.29 is 9.59 Å². The number of hydrogen-bond donors (Lipinski definition) is 0. The van der Waals surface area contributed by atoms with Crippen molar-refractivity contribution in [3.8, 4) is 11.8 Å². The highest BCUT2D eigenvalue weighted by Gasteiger charge is 2.21. The van der Waals surface area contributed by atoms with Crippen molar-refractivity contribution in [2.75, 3.05) is 0 Å². The maximum Gasteiger partial charge on any atom is 0.306 e. The van der Waals surface area contributed by atoms with Crippen LogP contribution in [0.3, 0.4) is 0 Å². The first-order valence-corrected chi connectivity index (χ1v) is 8.26. The molecule has 0 aromatic heterocycles. The Morgan fingerprint density at radius 2 is 1.27 bits per heavy atom. The zero-order valence-electron chi connectivity index (χ0n) is 14.1. The molecule has 3 nitrogen and oxygen atoms in total. The normalized spacial score (nSPS) is 9.69. The molecule has 0 atom stereocenters. The Morgan fingerprint density at radius 3 is 1.88 bits per heavy atom. The van der Waals surface area contributed by atoms with Crippen molar-refractivity contribution in [1.82, 2.24) is 4.90 Å². The molecule has 0 bridgehead atoms. The molecule has 0 aliphatic rings. The van der Waals surface area contributed by atoms with E-state index in [1.54, 1.807) is 24.3 Å². The van der Waals surface area contributed by atoms with Crippen molar-refractivity contribution in [1.29, 1.82) is 0 Å². The number of carbonyl (C=O) groups is 2. The minimum absolute atomic E-state index is 0.177. The Bertz CT molecular complexity index is 939. The van der Waals surface area contributed by atoms with Crippen LogP contribution < -0.4 is 0 Å². The predicted octanol–water partition coefficient (Wildman–Crippen LogP) is 3.91. The van der Waals surface area contributed by atoms with Gasteiger partial charge in [-0.1, -0.05) is 72.7 Å². The molecule has 3 heteroatoms. The second kappa shape index (κ2) is 8.46. The Balaban J connectivity index is 1.88. The van der Waals surface area contributed by atoms with Crippen LogP contribution in [0.4, 0.5) is 0 Å². The Hall–Kier alpha value is -3.64. The molecule has 0 unspecified atom stereocenters. The van der Waals surface area contributed by atoms with Crippen LogP contribution in [0.15, 0.2) is 91.0 Å². The molecular weight excluding hydrogens is 322 g/mol. The molecule has 0 aliphatic carbocycles. The molecule has 0 N–H and O–H groups in total. The topological polar surface area (TPSA) is 37.4 Å². The van der Waals surface area contributed by atoms with Gasteiger partial charge in [0.25, 0.3) is 5.91 Å². The second-order valence-electron chi connectivity index (χ2n) is 5.66. The third-order valence-corrected chi connectivity index (χ3v) is 3.78. The van der Waals surface area contributed by atoms with Crippen LogP contribution in [-0.2, 0) is 11.3 Å². The van der Waals surface area contributed by atoms with Gasteiger partial charge in [0.1, 0.15) is 0 Å². The molecule has 0 aliphatic heterocycles. The zero-order valence-corrected chi connectivity index (χ0v) is 14.1. The SMILES string of the molecule is O=C(C#Cc1ccccc1)N(Cc1ccccc1)C(=O)c1ccccc1. The highest BCUT2D eigenvalue weighted by Crippen LogP contribution is 2.10. The molecule has 26 heavy (non-hydrogen) atoms. The summed E-state index contributed by atoms with van der Waals surface area (Å²) in [5, 5.41) is 0. The zero-order chi connectivity index (χ0) is 18.2. The first-order valence-electron chi connectivity index (χ1n) is 8.26. The number of benzene rings is 3. The lowest BCUT2D eigenvalue weighted by molar-refractivity contribution is -0.123. The Kier molecular flexibility index (Phi) is 5.59. The summed E-state index contributed by atoms with van der Waals surface area (Å²) in [6.45, 7) is 0.177. The fourth-order valence-electron chi connectivity index (χ4n) is 2.45. The Morgan fingerprint density at radius 1 is 0.731 bits per heavy atom. The molecule has 0 fully saturated rings. The quantitative estimate of drug-likeness (QED) is 0.679. The molecular formula is C23H17NO2. The molecule has 3 aromatic carbocycles. The lowest BCUT2D eigenvalue weighted by Crippen LogP contribution is -2.35. The van der Waals surface area contributed by atoms with Gasteiger partial charge in [-0.05, 0) is 29.8 Å². The summed E-state index contributed by atoms with van der Waals surface area (Å²) in [6, 6.07) is 27.4. The van der Waals surface area contributed by atoms with Crippen LogP contribution >= 0.6 is 0 Å². The largest absolute Gasteiger partial charge is 0.306 e. The molecule has 0 radical (unpaired) electrons. The third kappa shape index (κ3) is 4.46. The number of imide groups is 1. The molecule has 0 spiro atoms. The minimum Gasteiger partial charge on any atom is -0.269 e. The summed E-state index contributed by atoms with van der Waals surface area (Å²) in [6.07, 6.45) is 0. The molecule has 0 saturated carbocycles. The van der Waals surface area contributed by atoms with Crippen molar-refractivity contribution >= 4 is 11.8 Å². The van der Waals surface area contributed by atoms with E-state index in [4.69, 9.17) is 0 Å². The van der Waals surface area contributed by atoms with E-state index < -0.39 is 5.91 Å². The van der Waals surface area contributed by atoms with Crippen LogP contribution in [0.1, 0.15) is 21.5 Å². The van der Waals surface area contributed by atoms with Gasteiger partial charge in [0.15, 0.2) is 0 Å². The number of carbonyl (C=O) groups excluding carboxylic acids is 2. The van der Waals surface area contributed by atoms with E-state index >= 15 is 0 Å². The average Bonchev–Trinajstić information content (AvgIpc) is 2.72. The molecule has 126 valence electrons. The van der Waals surface area contributed by atoms with Crippen molar-refractivity contribution in [2.45, 2.75) is 6.54 Å². The van der Waals surface area contributed by atoms with Crippen LogP contribution in [-0.4, -0.2) is 16.7 Å². The molecule has 3 aromatic rings. The predicted molar refractivity (Wildman–Crippen MR) is 101 cm³/mol. The maximum absolute atomic E-state index is 12.8. The molecule has 0 heterocycles. The van der Waals surface area contributed by atoms with Gasteiger partial charge in [-0.25, -0.2) is 0 Å². The van der Waals surface area contributed by atoms with Crippen molar-refractivity contribution in [3.05, 3.63) is 108 Å². The first-order chi connectivity index (χ1) is 12.7. The van der Waals surface area contributed by atoms with Gasteiger partial charge in [-0.15, -0.1) is 0 Å². The average molecular weight is 339 g/mol. The van der Waals surface area contributed by atoms with Gasteiger partial charge in [-0.3, -0.25) is 14.5 Å². The lowest BCUT2D eigenvalue weighted by Gasteiger charge is -2.18. The standard InChI is InChI=1S/C23H17NO2/c25-22(17-16-19-10-4-1-5-11-19)24(18-20-12-6-2-7-13-20)23(26)21-14-8-3-9-15-21/h1-15H,18H2. The van der Waals surface area contributed by atoms with E-state index in [0.717, 1.165) is 11.1 Å². The second-order valence-corrected chi connectivity index (χ2v) is 5.66. The molecule has 0 saturated heterocycles. The summed E-state index contributed by atoms with van der Waals surface area (Å²) in [7, 11) is 0. The van der Waals surface area contributed by atoms with Crippen LogP contribution in [0.2, 0.25) is 0 Å². The number of rotatable bonds is 3. The fourth-order valence-corrected chi connectivity index (χ4v) is 2.45. The van der Waals surface area contributed by atoms with Gasteiger partial charge in [0.2, 0.25) is 0 Å². The van der Waals surface area contributed by atoms with Crippen LogP contribution in [0, 0.1) is 11.8 Å².